The van der Waals surface area contributed by atoms with Crippen LogP contribution in [0.25, 0.3) is 0 Å². The average molecular weight is 210 g/mol. The fourth-order valence-corrected chi connectivity index (χ4v) is 2.73. The van der Waals surface area contributed by atoms with Gasteiger partial charge in [-0.05, 0) is 18.1 Å². The lowest BCUT2D eigenvalue weighted by molar-refractivity contribution is 0.596. The molecular formula is C9H10N2O2S. The van der Waals surface area contributed by atoms with Crippen LogP contribution in [0.2, 0.25) is 0 Å². The third kappa shape index (κ3) is 1.39. The molecule has 0 saturated heterocycles. The maximum atomic E-state index is 11.3. The van der Waals surface area contributed by atoms with Gasteiger partial charge in [0, 0.05) is 5.56 Å². The molecule has 0 spiro atoms. The van der Waals surface area contributed by atoms with Crippen LogP contribution in [-0.4, -0.2) is 14.3 Å². The van der Waals surface area contributed by atoms with Gasteiger partial charge >= 0.3 is 0 Å². The van der Waals surface area contributed by atoms with E-state index in [1.807, 2.05) is 19.1 Å². The molecular weight excluding hydrogens is 200 g/mol. The lowest BCUT2D eigenvalue weighted by Gasteiger charge is -2.15. The number of benzene rings is 1. The van der Waals surface area contributed by atoms with Crippen molar-refractivity contribution in [3.05, 3.63) is 34.9 Å². The van der Waals surface area contributed by atoms with Gasteiger partial charge in [0.2, 0.25) is 0 Å². The molecule has 1 aromatic carbocycles. The summed E-state index contributed by atoms with van der Waals surface area (Å²) in [5.41, 5.74) is 8.05. The minimum Gasteiger partial charge on any atom is -0.383 e. The summed E-state index contributed by atoms with van der Waals surface area (Å²) in [4.78, 5) is 0. The molecule has 0 amide bonds. The molecule has 5 heteroatoms. The summed E-state index contributed by atoms with van der Waals surface area (Å²) in [7, 11) is -3.40. The van der Waals surface area contributed by atoms with E-state index in [2.05, 4.69) is 4.40 Å². The monoisotopic (exact) mass is 210 g/mol. The number of fused-ring (bicyclic) bond motifs is 1. The Morgan fingerprint density at radius 3 is 2.86 bits per heavy atom. The minimum atomic E-state index is -3.40. The number of sulfonamides is 1. The van der Waals surface area contributed by atoms with Crippen LogP contribution in [-0.2, 0) is 15.8 Å². The molecule has 4 nitrogen and oxygen atoms in total. The van der Waals surface area contributed by atoms with Gasteiger partial charge in [-0.1, -0.05) is 18.2 Å². The summed E-state index contributed by atoms with van der Waals surface area (Å²) < 4.78 is 26.0. The number of nitrogens with two attached hydrogens (primary N) is 1. The van der Waals surface area contributed by atoms with Crippen molar-refractivity contribution in [2.45, 2.75) is 12.7 Å². The van der Waals surface area contributed by atoms with E-state index in [1.165, 1.54) is 0 Å². The summed E-state index contributed by atoms with van der Waals surface area (Å²) in [5.74, 6) is 0.0504. The zero-order valence-electron chi connectivity index (χ0n) is 7.69. The second kappa shape index (κ2) is 2.81. The Hall–Kier alpha value is -1.36. The average Bonchev–Trinajstić information content (AvgIpc) is 2.00. The van der Waals surface area contributed by atoms with Gasteiger partial charge in [0.15, 0.2) is 0 Å². The van der Waals surface area contributed by atoms with E-state index in [0.29, 0.717) is 0 Å². The maximum absolute atomic E-state index is 11.3. The van der Waals surface area contributed by atoms with Crippen molar-refractivity contribution in [2.75, 3.05) is 0 Å². The lowest BCUT2D eigenvalue weighted by atomic mass is 10.0. The molecule has 0 unspecified atom stereocenters. The van der Waals surface area contributed by atoms with E-state index in [1.54, 1.807) is 6.07 Å². The van der Waals surface area contributed by atoms with E-state index in [4.69, 9.17) is 5.73 Å². The highest BCUT2D eigenvalue weighted by Gasteiger charge is 2.22. The van der Waals surface area contributed by atoms with Crippen molar-refractivity contribution in [3.8, 4) is 0 Å². The zero-order valence-corrected chi connectivity index (χ0v) is 8.50. The van der Waals surface area contributed by atoms with Crippen LogP contribution in [0.4, 0.5) is 0 Å². The first-order chi connectivity index (χ1) is 6.49. The predicted octanol–water partition coefficient (Wildman–Crippen LogP) is 0.544. The molecule has 14 heavy (non-hydrogen) atoms. The van der Waals surface area contributed by atoms with Crippen LogP contribution in [0.3, 0.4) is 0 Å². The fourth-order valence-electron chi connectivity index (χ4n) is 1.64. The SMILES string of the molecule is Cc1cccc2c1C(N)=NS(=O)(=O)C2. The first-order valence-electron chi connectivity index (χ1n) is 4.16. The van der Waals surface area contributed by atoms with Crippen molar-refractivity contribution < 1.29 is 8.42 Å². The molecule has 1 aliphatic heterocycles. The summed E-state index contributed by atoms with van der Waals surface area (Å²) in [6, 6.07) is 5.48. The highest BCUT2D eigenvalue weighted by Crippen LogP contribution is 2.21. The Morgan fingerprint density at radius 1 is 1.43 bits per heavy atom. The van der Waals surface area contributed by atoms with Crippen LogP contribution in [0, 0.1) is 6.92 Å². The van der Waals surface area contributed by atoms with Crippen LogP contribution < -0.4 is 5.73 Å². The van der Waals surface area contributed by atoms with Crippen LogP contribution in [0.1, 0.15) is 16.7 Å². The first kappa shape index (κ1) is 9.21. The predicted molar refractivity (Wildman–Crippen MR) is 54.5 cm³/mol. The number of aryl methyl sites for hydroxylation is 1. The van der Waals surface area contributed by atoms with Gasteiger partial charge in [-0.15, -0.1) is 4.40 Å². The van der Waals surface area contributed by atoms with Gasteiger partial charge in [-0.3, -0.25) is 0 Å². The topological polar surface area (TPSA) is 72.5 Å². The van der Waals surface area contributed by atoms with Crippen molar-refractivity contribution in [2.24, 2.45) is 10.1 Å². The third-order valence-corrected chi connectivity index (χ3v) is 3.34. The molecule has 1 heterocycles. The molecule has 1 aromatic rings. The van der Waals surface area contributed by atoms with Gasteiger partial charge in [0.1, 0.15) is 5.84 Å². The van der Waals surface area contributed by atoms with Crippen molar-refractivity contribution in [3.63, 3.8) is 0 Å². The standard InChI is InChI=1S/C9H10N2O2S/c1-6-3-2-4-7-5-14(12,13)11-9(10)8(6)7/h2-4H,5H2,1H3,(H2,10,11). The summed E-state index contributed by atoms with van der Waals surface area (Å²) >= 11 is 0. The quantitative estimate of drug-likeness (QED) is 0.679. The summed E-state index contributed by atoms with van der Waals surface area (Å²) in [6.07, 6.45) is 0. The fraction of sp³-hybridized carbons (Fsp3) is 0.222. The van der Waals surface area contributed by atoms with E-state index >= 15 is 0 Å². The first-order valence-corrected chi connectivity index (χ1v) is 5.77. The highest BCUT2D eigenvalue weighted by molar-refractivity contribution is 7.89. The number of hydrogen-bond acceptors (Lipinski definition) is 3. The van der Waals surface area contributed by atoms with Crippen molar-refractivity contribution in [1.82, 2.24) is 0 Å². The Labute approximate surface area is 82.5 Å². The second-order valence-corrected chi connectivity index (χ2v) is 4.95. The Kier molecular flexibility index (Phi) is 1.85. The van der Waals surface area contributed by atoms with Gasteiger partial charge < -0.3 is 5.73 Å². The van der Waals surface area contributed by atoms with Crippen molar-refractivity contribution >= 4 is 15.9 Å². The zero-order chi connectivity index (χ0) is 10.3. The van der Waals surface area contributed by atoms with Crippen molar-refractivity contribution in [1.29, 1.82) is 0 Å². The number of hydrogen-bond donors (Lipinski definition) is 1. The summed E-state index contributed by atoms with van der Waals surface area (Å²) in [5, 5.41) is 0. The molecule has 1 aliphatic rings. The minimum absolute atomic E-state index is 0.0509. The third-order valence-electron chi connectivity index (χ3n) is 2.19. The summed E-state index contributed by atoms with van der Waals surface area (Å²) in [6.45, 7) is 1.89. The number of nitrogens with zero attached hydrogens (tertiary/aromatic N) is 1. The largest absolute Gasteiger partial charge is 0.383 e. The molecule has 2 rings (SSSR count). The Morgan fingerprint density at radius 2 is 2.14 bits per heavy atom. The van der Waals surface area contributed by atoms with Gasteiger partial charge in [-0.2, -0.15) is 0 Å². The molecule has 0 aromatic heterocycles. The maximum Gasteiger partial charge on any atom is 0.259 e. The van der Waals surface area contributed by atoms with Crippen LogP contribution in [0.15, 0.2) is 22.6 Å². The van der Waals surface area contributed by atoms with Gasteiger partial charge in [-0.25, -0.2) is 8.42 Å². The van der Waals surface area contributed by atoms with E-state index < -0.39 is 10.0 Å². The number of rotatable bonds is 0. The molecule has 74 valence electrons. The van der Waals surface area contributed by atoms with E-state index in [9.17, 15) is 8.42 Å². The highest BCUT2D eigenvalue weighted by atomic mass is 32.2. The smallest absolute Gasteiger partial charge is 0.259 e. The van der Waals surface area contributed by atoms with Gasteiger partial charge in [0.25, 0.3) is 10.0 Å². The molecule has 0 radical (unpaired) electrons. The molecule has 0 aliphatic carbocycles. The Bertz CT molecular complexity index is 518. The van der Waals surface area contributed by atoms with E-state index in [0.717, 1.165) is 16.7 Å². The molecule has 0 fully saturated rings. The van der Waals surface area contributed by atoms with Gasteiger partial charge in [0.05, 0.1) is 5.75 Å². The van der Waals surface area contributed by atoms with E-state index in [-0.39, 0.29) is 11.6 Å². The molecule has 0 atom stereocenters. The molecule has 0 saturated carbocycles. The Balaban J connectivity index is 2.74. The van der Waals surface area contributed by atoms with Crippen LogP contribution in [0.5, 0.6) is 0 Å². The normalized spacial score (nSPS) is 18.5. The van der Waals surface area contributed by atoms with Crippen LogP contribution >= 0.6 is 0 Å². The second-order valence-electron chi connectivity index (χ2n) is 3.31. The lowest BCUT2D eigenvalue weighted by Crippen LogP contribution is -2.24. The number of amidine groups is 1. The molecule has 0 bridgehead atoms. The molecule has 2 N–H and O–H groups in total.